The second-order valence-corrected chi connectivity index (χ2v) is 7.91. The molecule has 1 amide bonds. The lowest BCUT2D eigenvalue weighted by Gasteiger charge is -2.10. The van der Waals surface area contributed by atoms with Crippen molar-refractivity contribution in [2.45, 2.75) is 4.90 Å². The molecule has 0 heterocycles. The van der Waals surface area contributed by atoms with E-state index in [4.69, 9.17) is 16.3 Å². The molecule has 3 aromatic carbocycles. The Morgan fingerprint density at radius 3 is 2.29 bits per heavy atom. The van der Waals surface area contributed by atoms with Gasteiger partial charge in [0.15, 0.2) is 6.61 Å². The second-order valence-electron chi connectivity index (χ2n) is 5.79. The van der Waals surface area contributed by atoms with Gasteiger partial charge < -0.3 is 10.1 Å². The zero-order valence-corrected chi connectivity index (χ0v) is 16.2. The minimum absolute atomic E-state index is 0.0611. The van der Waals surface area contributed by atoms with Gasteiger partial charge in [-0.3, -0.25) is 9.52 Å². The van der Waals surface area contributed by atoms with Crippen molar-refractivity contribution in [1.29, 1.82) is 0 Å². The number of rotatable bonds is 7. The molecule has 0 aliphatic heterocycles. The summed E-state index contributed by atoms with van der Waals surface area (Å²) in [4.78, 5) is 12.0. The van der Waals surface area contributed by atoms with E-state index < -0.39 is 10.0 Å². The van der Waals surface area contributed by atoms with Crippen LogP contribution in [0, 0.1) is 0 Å². The van der Waals surface area contributed by atoms with Crippen molar-refractivity contribution < 1.29 is 17.9 Å². The smallest absolute Gasteiger partial charge is 0.262 e. The number of carbonyl (C=O) groups is 1. The van der Waals surface area contributed by atoms with Crippen LogP contribution in [-0.4, -0.2) is 20.9 Å². The van der Waals surface area contributed by atoms with Gasteiger partial charge in [-0.1, -0.05) is 35.9 Å². The molecule has 0 aliphatic rings. The fourth-order valence-electron chi connectivity index (χ4n) is 2.35. The Morgan fingerprint density at radius 2 is 1.61 bits per heavy atom. The van der Waals surface area contributed by atoms with Crippen LogP contribution in [0.15, 0.2) is 83.8 Å². The molecule has 0 unspecified atom stereocenters. The summed E-state index contributed by atoms with van der Waals surface area (Å²) >= 11 is 5.87. The number of ether oxygens (including phenoxy) is 1. The monoisotopic (exact) mass is 416 g/mol. The van der Waals surface area contributed by atoms with E-state index in [1.54, 1.807) is 30.3 Å². The van der Waals surface area contributed by atoms with Crippen LogP contribution in [0.3, 0.4) is 0 Å². The first-order chi connectivity index (χ1) is 13.4. The van der Waals surface area contributed by atoms with Crippen LogP contribution >= 0.6 is 11.6 Å². The molecule has 6 nitrogen and oxygen atoms in total. The fourth-order valence-corrected chi connectivity index (χ4v) is 3.59. The maximum Gasteiger partial charge on any atom is 0.262 e. The summed E-state index contributed by atoms with van der Waals surface area (Å²) in [7, 11) is -3.77. The highest BCUT2D eigenvalue weighted by Gasteiger charge is 2.14. The molecule has 3 aromatic rings. The standard InChI is InChI=1S/C20H17ClN2O4S/c21-15-5-4-6-17(13-15)23-28(25,26)19-11-9-16(10-12-19)22-20(24)14-27-18-7-2-1-3-8-18/h1-13,23H,14H2,(H,22,24). The van der Waals surface area contributed by atoms with E-state index in [1.165, 1.54) is 30.3 Å². The third kappa shape index (κ3) is 5.48. The molecule has 0 saturated heterocycles. The van der Waals surface area contributed by atoms with Crippen molar-refractivity contribution in [1.82, 2.24) is 0 Å². The number of anilines is 2. The highest BCUT2D eigenvalue weighted by Crippen LogP contribution is 2.20. The molecule has 0 spiro atoms. The van der Waals surface area contributed by atoms with Gasteiger partial charge in [0.25, 0.3) is 15.9 Å². The highest BCUT2D eigenvalue weighted by atomic mass is 35.5. The Balaban J connectivity index is 1.60. The average Bonchev–Trinajstić information content (AvgIpc) is 2.67. The Morgan fingerprint density at radius 1 is 0.893 bits per heavy atom. The summed E-state index contributed by atoms with van der Waals surface area (Å²) < 4.78 is 32.7. The van der Waals surface area contributed by atoms with E-state index in [0.29, 0.717) is 22.1 Å². The Bertz CT molecular complexity index is 1060. The predicted molar refractivity (Wildman–Crippen MR) is 109 cm³/mol. The lowest BCUT2D eigenvalue weighted by Crippen LogP contribution is -2.20. The number of amides is 1. The van der Waals surface area contributed by atoms with E-state index in [9.17, 15) is 13.2 Å². The van der Waals surface area contributed by atoms with Gasteiger partial charge in [-0.05, 0) is 54.6 Å². The van der Waals surface area contributed by atoms with Crippen LogP contribution in [0.4, 0.5) is 11.4 Å². The molecule has 0 radical (unpaired) electrons. The summed E-state index contributed by atoms with van der Waals surface area (Å²) in [6.45, 7) is -0.152. The zero-order valence-electron chi connectivity index (χ0n) is 14.6. The number of nitrogens with one attached hydrogen (secondary N) is 2. The average molecular weight is 417 g/mol. The first-order valence-corrected chi connectivity index (χ1v) is 10.1. The molecule has 0 fully saturated rings. The van der Waals surface area contributed by atoms with Crippen molar-refractivity contribution in [3.8, 4) is 5.75 Å². The van der Waals surface area contributed by atoms with Crippen LogP contribution in [0.5, 0.6) is 5.75 Å². The summed E-state index contributed by atoms with van der Waals surface area (Å²) in [5, 5.41) is 3.08. The van der Waals surface area contributed by atoms with Crippen LogP contribution < -0.4 is 14.8 Å². The van der Waals surface area contributed by atoms with E-state index in [-0.39, 0.29) is 17.4 Å². The molecular weight excluding hydrogens is 400 g/mol. The lowest BCUT2D eigenvalue weighted by molar-refractivity contribution is -0.118. The topological polar surface area (TPSA) is 84.5 Å². The van der Waals surface area contributed by atoms with E-state index in [0.717, 1.165) is 0 Å². The number of para-hydroxylation sites is 1. The Labute approximate surface area is 168 Å². The lowest BCUT2D eigenvalue weighted by atomic mass is 10.3. The largest absolute Gasteiger partial charge is 0.484 e. The molecule has 144 valence electrons. The molecule has 28 heavy (non-hydrogen) atoms. The Hall–Kier alpha value is -3.03. The van der Waals surface area contributed by atoms with E-state index in [2.05, 4.69) is 10.0 Å². The number of sulfonamides is 1. The minimum Gasteiger partial charge on any atom is -0.484 e. The molecule has 3 rings (SSSR count). The van der Waals surface area contributed by atoms with Crippen LogP contribution in [-0.2, 0) is 14.8 Å². The highest BCUT2D eigenvalue weighted by molar-refractivity contribution is 7.92. The number of carbonyl (C=O) groups excluding carboxylic acids is 1. The van der Waals surface area contributed by atoms with E-state index >= 15 is 0 Å². The van der Waals surface area contributed by atoms with Gasteiger partial charge in [0.05, 0.1) is 10.6 Å². The number of benzene rings is 3. The minimum atomic E-state index is -3.77. The quantitative estimate of drug-likeness (QED) is 0.605. The normalized spacial score (nSPS) is 10.9. The van der Waals surface area contributed by atoms with Crippen molar-refractivity contribution >= 4 is 38.9 Å². The van der Waals surface area contributed by atoms with Crippen molar-refractivity contribution in [2.24, 2.45) is 0 Å². The molecule has 8 heteroatoms. The van der Waals surface area contributed by atoms with Crippen molar-refractivity contribution in [2.75, 3.05) is 16.6 Å². The van der Waals surface area contributed by atoms with Crippen LogP contribution in [0.1, 0.15) is 0 Å². The third-order valence-corrected chi connectivity index (χ3v) is 5.27. The summed E-state index contributed by atoms with van der Waals surface area (Å²) in [6, 6.07) is 21.2. The van der Waals surface area contributed by atoms with Gasteiger partial charge >= 0.3 is 0 Å². The predicted octanol–water partition coefficient (Wildman–Crippen LogP) is 4.16. The molecule has 0 atom stereocenters. The van der Waals surface area contributed by atoms with Crippen LogP contribution in [0.25, 0.3) is 0 Å². The molecule has 0 saturated carbocycles. The van der Waals surface area contributed by atoms with E-state index in [1.807, 2.05) is 18.2 Å². The van der Waals surface area contributed by atoms with Gasteiger partial charge in [-0.15, -0.1) is 0 Å². The van der Waals surface area contributed by atoms with Gasteiger partial charge in [0, 0.05) is 10.7 Å². The molecular formula is C20H17ClN2O4S. The fraction of sp³-hybridized carbons (Fsp3) is 0.0500. The van der Waals surface area contributed by atoms with Crippen molar-refractivity contribution in [3.63, 3.8) is 0 Å². The first-order valence-electron chi connectivity index (χ1n) is 8.28. The van der Waals surface area contributed by atoms with Gasteiger partial charge in [-0.2, -0.15) is 0 Å². The second kappa shape index (κ2) is 8.77. The maximum absolute atomic E-state index is 12.4. The number of hydrogen-bond acceptors (Lipinski definition) is 4. The molecule has 2 N–H and O–H groups in total. The summed E-state index contributed by atoms with van der Waals surface area (Å²) in [6.07, 6.45) is 0. The molecule has 0 aromatic heterocycles. The number of halogens is 1. The molecule has 0 aliphatic carbocycles. The number of hydrogen-bond donors (Lipinski definition) is 2. The van der Waals surface area contributed by atoms with Gasteiger partial charge in [0.1, 0.15) is 5.75 Å². The molecule has 0 bridgehead atoms. The van der Waals surface area contributed by atoms with Crippen LogP contribution in [0.2, 0.25) is 5.02 Å². The maximum atomic E-state index is 12.4. The van der Waals surface area contributed by atoms with Gasteiger partial charge in [0.2, 0.25) is 0 Å². The first kappa shape index (κ1) is 19.7. The Kier molecular flexibility index (Phi) is 6.18. The summed E-state index contributed by atoms with van der Waals surface area (Å²) in [5.74, 6) is 0.239. The van der Waals surface area contributed by atoms with Gasteiger partial charge in [-0.25, -0.2) is 8.42 Å². The third-order valence-electron chi connectivity index (χ3n) is 3.64. The van der Waals surface area contributed by atoms with Crippen molar-refractivity contribution in [3.05, 3.63) is 83.9 Å². The zero-order chi connectivity index (χ0) is 20.0. The summed E-state index contributed by atoms with van der Waals surface area (Å²) in [5.41, 5.74) is 0.825. The SMILES string of the molecule is O=C(COc1ccccc1)Nc1ccc(S(=O)(=O)Nc2cccc(Cl)c2)cc1.